The van der Waals surface area contributed by atoms with Crippen LogP contribution in [-0.2, 0) is 32.2 Å². The van der Waals surface area contributed by atoms with Gasteiger partial charge in [-0.15, -0.1) is 0 Å². The smallest absolute Gasteiger partial charge is 0.322 e. The normalized spacial score (nSPS) is 14.4. The average Bonchev–Trinajstić information content (AvgIpc) is 2.90. The van der Waals surface area contributed by atoms with Gasteiger partial charge in [0.2, 0.25) is 0 Å². The van der Waals surface area contributed by atoms with Gasteiger partial charge in [0.1, 0.15) is 6.04 Å². The van der Waals surface area contributed by atoms with E-state index < -0.39 is 6.04 Å². The quantitative estimate of drug-likeness (QED) is 0.721. The number of aromatic amines is 1. The van der Waals surface area contributed by atoms with E-state index >= 15 is 0 Å². The van der Waals surface area contributed by atoms with Crippen molar-refractivity contribution in [1.29, 1.82) is 0 Å². The van der Waals surface area contributed by atoms with Crippen molar-refractivity contribution in [3.05, 3.63) is 34.5 Å². The van der Waals surface area contributed by atoms with Crippen molar-refractivity contribution < 1.29 is 9.53 Å². The van der Waals surface area contributed by atoms with Crippen LogP contribution in [0.25, 0.3) is 10.9 Å². The second-order valence-corrected chi connectivity index (χ2v) is 11.0. The van der Waals surface area contributed by atoms with Gasteiger partial charge in [-0.3, -0.25) is 4.79 Å². The molecule has 0 aliphatic rings. The molecule has 28 heavy (non-hydrogen) atoms. The van der Waals surface area contributed by atoms with Gasteiger partial charge in [0.25, 0.3) is 0 Å². The fourth-order valence-electron chi connectivity index (χ4n) is 3.68. The molecule has 0 saturated heterocycles. The summed E-state index contributed by atoms with van der Waals surface area (Å²) in [5.74, 6) is -0.378. The van der Waals surface area contributed by atoms with Crippen molar-refractivity contribution in [2.75, 3.05) is 7.11 Å². The number of fused-ring (bicyclic) bond motifs is 1. The van der Waals surface area contributed by atoms with Gasteiger partial charge in [0.15, 0.2) is 0 Å². The lowest BCUT2D eigenvalue weighted by atomic mass is 9.79. The van der Waals surface area contributed by atoms with E-state index in [-0.39, 0.29) is 22.2 Å². The second kappa shape index (κ2) is 7.22. The second-order valence-electron chi connectivity index (χ2n) is 11.0. The zero-order chi connectivity index (χ0) is 21.7. The summed E-state index contributed by atoms with van der Waals surface area (Å²) < 4.78 is 4.88. The number of esters is 1. The molecule has 0 bridgehead atoms. The third-order valence-corrected chi connectivity index (χ3v) is 5.37. The lowest BCUT2D eigenvalue weighted by Gasteiger charge is -2.26. The molecule has 1 aromatic carbocycles. The number of hydrogen-bond acceptors (Lipinski definition) is 3. The molecule has 4 heteroatoms. The van der Waals surface area contributed by atoms with Crippen LogP contribution >= 0.6 is 0 Å². The molecule has 0 aliphatic carbocycles. The molecule has 0 spiro atoms. The first-order chi connectivity index (χ1) is 12.6. The summed E-state index contributed by atoms with van der Waals surface area (Å²) in [4.78, 5) is 15.7. The predicted molar refractivity (Wildman–Crippen MR) is 118 cm³/mol. The molecule has 0 radical (unpaired) electrons. The van der Waals surface area contributed by atoms with Gasteiger partial charge >= 0.3 is 5.97 Å². The van der Waals surface area contributed by atoms with Crippen molar-refractivity contribution in [2.45, 2.75) is 91.0 Å². The van der Waals surface area contributed by atoms with Crippen LogP contribution in [0.3, 0.4) is 0 Å². The fourth-order valence-corrected chi connectivity index (χ4v) is 3.68. The van der Waals surface area contributed by atoms with Crippen LogP contribution in [0, 0.1) is 0 Å². The molecule has 1 heterocycles. The van der Waals surface area contributed by atoms with Crippen LogP contribution in [0.1, 0.15) is 84.7 Å². The molecular weight excluding hydrogens is 348 g/mol. The number of aromatic nitrogens is 1. The number of hydrogen-bond donors (Lipinski definition) is 2. The topological polar surface area (TPSA) is 68.1 Å². The van der Waals surface area contributed by atoms with E-state index in [9.17, 15) is 4.79 Å². The third-order valence-electron chi connectivity index (χ3n) is 5.37. The Kier molecular flexibility index (Phi) is 5.79. The number of rotatable bonds is 3. The number of benzene rings is 1. The highest BCUT2D eigenvalue weighted by Gasteiger charge is 2.30. The number of nitrogens with two attached hydrogens (primary N) is 1. The lowest BCUT2D eigenvalue weighted by Crippen LogP contribution is -2.34. The molecule has 4 nitrogen and oxygen atoms in total. The molecule has 1 unspecified atom stereocenters. The van der Waals surface area contributed by atoms with Crippen LogP contribution in [-0.4, -0.2) is 24.1 Å². The monoisotopic (exact) mass is 386 g/mol. The van der Waals surface area contributed by atoms with Crippen LogP contribution < -0.4 is 5.73 Å². The highest BCUT2D eigenvalue weighted by atomic mass is 16.5. The Morgan fingerprint density at radius 3 is 2.00 bits per heavy atom. The molecule has 156 valence electrons. The minimum Gasteiger partial charge on any atom is -0.468 e. The van der Waals surface area contributed by atoms with Crippen molar-refractivity contribution in [3.63, 3.8) is 0 Å². The van der Waals surface area contributed by atoms with Gasteiger partial charge < -0.3 is 15.5 Å². The van der Waals surface area contributed by atoms with Gasteiger partial charge in [0.05, 0.1) is 7.11 Å². The van der Waals surface area contributed by atoms with E-state index in [0.29, 0.717) is 6.42 Å². The zero-order valence-corrected chi connectivity index (χ0v) is 19.3. The van der Waals surface area contributed by atoms with E-state index in [4.69, 9.17) is 10.5 Å². The van der Waals surface area contributed by atoms with Crippen molar-refractivity contribution in [3.8, 4) is 0 Å². The molecule has 2 aromatic rings. The first kappa shape index (κ1) is 22.5. The fraction of sp³-hybridized carbons (Fsp3) is 0.625. The molecular formula is C24H38N2O2. The van der Waals surface area contributed by atoms with Crippen molar-refractivity contribution >= 4 is 16.9 Å². The van der Waals surface area contributed by atoms with Gasteiger partial charge in [-0.2, -0.15) is 0 Å². The first-order valence-electron chi connectivity index (χ1n) is 10.1. The number of ether oxygens (including phenoxy) is 1. The average molecular weight is 387 g/mol. The van der Waals surface area contributed by atoms with Gasteiger partial charge in [-0.1, -0.05) is 68.4 Å². The number of methoxy groups -OCH3 is 1. The van der Waals surface area contributed by atoms with E-state index in [1.807, 2.05) is 0 Å². The lowest BCUT2D eigenvalue weighted by molar-refractivity contribution is -0.142. The molecule has 0 saturated carbocycles. The Hall–Kier alpha value is -1.81. The Morgan fingerprint density at radius 1 is 1.00 bits per heavy atom. The maximum atomic E-state index is 12.0. The molecule has 2 rings (SSSR count). The molecule has 0 fully saturated rings. The summed E-state index contributed by atoms with van der Waals surface area (Å²) >= 11 is 0. The molecule has 0 amide bonds. The number of carbonyl (C=O) groups excluding carboxylic acids is 1. The molecule has 3 N–H and O–H groups in total. The van der Waals surface area contributed by atoms with Crippen LogP contribution in [0.5, 0.6) is 0 Å². The van der Waals surface area contributed by atoms with E-state index in [1.54, 1.807) is 0 Å². The predicted octanol–water partition coefficient (Wildman–Crippen LogP) is 5.10. The number of carbonyl (C=O) groups is 1. The highest BCUT2D eigenvalue weighted by molar-refractivity contribution is 5.90. The van der Waals surface area contributed by atoms with Crippen LogP contribution in [0.4, 0.5) is 0 Å². The third kappa shape index (κ3) is 4.43. The summed E-state index contributed by atoms with van der Waals surface area (Å²) in [6.45, 7) is 20.0. The van der Waals surface area contributed by atoms with E-state index in [2.05, 4.69) is 79.4 Å². The standard InChI is InChI=1S/C24H38N2O2/c1-22(2,3)14-11-15-16(13-18(25)21(27)28-10)20(24(7,8)9)26-19(15)17(12-14)23(4,5)6/h11-12,18,26H,13,25H2,1-10H3. The largest absolute Gasteiger partial charge is 0.468 e. The van der Waals surface area contributed by atoms with Crippen LogP contribution in [0.2, 0.25) is 0 Å². The molecule has 0 aliphatic heterocycles. The maximum absolute atomic E-state index is 12.0. The van der Waals surface area contributed by atoms with Gasteiger partial charge in [-0.05, 0) is 33.6 Å². The van der Waals surface area contributed by atoms with E-state index in [1.165, 1.54) is 23.6 Å². The van der Waals surface area contributed by atoms with E-state index in [0.717, 1.165) is 16.8 Å². The minimum absolute atomic E-state index is 0.0126. The molecule has 1 aromatic heterocycles. The Balaban J connectivity index is 2.89. The SMILES string of the molecule is COC(=O)C(N)Cc1c(C(C)(C)C)[nH]c2c(C(C)(C)C)cc(C(C)(C)C)cc12. The van der Waals surface area contributed by atoms with Crippen molar-refractivity contribution in [1.82, 2.24) is 4.98 Å². The summed E-state index contributed by atoms with van der Waals surface area (Å²) in [7, 11) is 1.39. The summed E-state index contributed by atoms with van der Waals surface area (Å²) in [6, 6.07) is 3.92. The maximum Gasteiger partial charge on any atom is 0.322 e. The van der Waals surface area contributed by atoms with Gasteiger partial charge in [-0.25, -0.2) is 0 Å². The minimum atomic E-state index is -0.679. The summed E-state index contributed by atoms with van der Waals surface area (Å²) in [6.07, 6.45) is 0.455. The van der Waals surface area contributed by atoms with Crippen LogP contribution in [0.15, 0.2) is 12.1 Å². The number of nitrogens with one attached hydrogen (secondary N) is 1. The highest BCUT2D eigenvalue weighted by Crippen LogP contribution is 2.40. The first-order valence-corrected chi connectivity index (χ1v) is 10.1. The molecule has 1 atom stereocenters. The zero-order valence-electron chi connectivity index (χ0n) is 19.3. The summed E-state index contributed by atoms with van der Waals surface area (Å²) in [5.41, 5.74) is 12.1. The van der Waals surface area contributed by atoms with Gasteiger partial charge in [0, 0.05) is 28.4 Å². The Bertz CT molecular complexity index is 871. The summed E-state index contributed by atoms with van der Waals surface area (Å²) in [5, 5.41) is 1.17. The number of H-pyrrole nitrogens is 1. The van der Waals surface area contributed by atoms with Crippen molar-refractivity contribution in [2.24, 2.45) is 5.73 Å². The Morgan fingerprint density at radius 2 is 1.57 bits per heavy atom. The Labute approximate surface area is 170 Å².